The van der Waals surface area contributed by atoms with E-state index in [1.165, 1.54) is 0 Å². The fraction of sp³-hybridized carbons (Fsp3) is 0.429. The molecule has 0 heterocycles. The Labute approximate surface area is 67.9 Å². The molecule has 0 fully saturated rings. The first kappa shape index (κ1) is 8.58. The van der Waals surface area contributed by atoms with Crippen molar-refractivity contribution in [2.24, 2.45) is 5.41 Å². The van der Waals surface area contributed by atoms with Gasteiger partial charge in [0, 0.05) is 6.42 Å². The molecule has 66 valence electrons. The van der Waals surface area contributed by atoms with Gasteiger partial charge in [0.15, 0.2) is 5.41 Å². The van der Waals surface area contributed by atoms with Gasteiger partial charge in [-0.25, -0.2) is 0 Å². The summed E-state index contributed by atoms with van der Waals surface area (Å²) < 4.78 is 0. The highest BCUT2D eigenvalue weighted by Gasteiger charge is 2.48. The second-order valence-corrected chi connectivity index (χ2v) is 2.72. The number of hydrogen-bond donors (Lipinski definition) is 3. The zero-order valence-corrected chi connectivity index (χ0v) is 6.15. The molecule has 1 aliphatic carbocycles. The van der Waals surface area contributed by atoms with E-state index in [9.17, 15) is 9.59 Å². The lowest BCUT2D eigenvalue weighted by molar-refractivity contribution is -0.160. The van der Waals surface area contributed by atoms with E-state index in [4.69, 9.17) is 15.3 Å². The van der Waals surface area contributed by atoms with Crippen molar-refractivity contribution in [3.63, 3.8) is 0 Å². The third-order valence-electron chi connectivity index (χ3n) is 1.95. The van der Waals surface area contributed by atoms with E-state index >= 15 is 0 Å². The van der Waals surface area contributed by atoms with Crippen LogP contribution in [0.5, 0.6) is 0 Å². The number of carboxylic acid groups (broad SMARTS) is 2. The molecule has 5 nitrogen and oxygen atoms in total. The van der Waals surface area contributed by atoms with Gasteiger partial charge in [-0.05, 0) is 12.5 Å². The van der Waals surface area contributed by atoms with Crippen LogP contribution in [0.15, 0.2) is 11.8 Å². The Morgan fingerprint density at radius 1 is 1.33 bits per heavy atom. The van der Waals surface area contributed by atoms with Crippen molar-refractivity contribution in [2.45, 2.75) is 12.8 Å². The van der Waals surface area contributed by atoms with Gasteiger partial charge in [-0.15, -0.1) is 0 Å². The zero-order chi connectivity index (χ0) is 9.35. The van der Waals surface area contributed by atoms with Gasteiger partial charge in [-0.2, -0.15) is 0 Å². The smallest absolute Gasteiger partial charge is 0.325 e. The van der Waals surface area contributed by atoms with Gasteiger partial charge in [0.05, 0.1) is 5.76 Å². The number of aliphatic hydroxyl groups is 1. The van der Waals surface area contributed by atoms with Gasteiger partial charge >= 0.3 is 11.9 Å². The molecular formula is C7H8O5. The highest BCUT2D eigenvalue weighted by Crippen LogP contribution is 2.35. The van der Waals surface area contributed by atoms with E-state index < -0.39 is 17.4 Å². The Morgan fingerprint density at radius 3 is 2.00 bits per heavy atom. The van der Waals surface area contributed by atoms with Gasteiger partial charge in [0.2, 0.25) is 0 Å². The molecular weight excluding hydrogens is 164 g/mol. The van der Waals surface area contributed by atoms with Crippen LogP contribution in [-0.2, 0) is 9.59 Å². The molecule has 0 unspecified atom stereocenters. The maximum Gasteiger partial charge on any atom is 0.325 e. The number of rotatable bonds is 2. The van der Waals surface area contributed by atoms with Gasteiger partial charge in [-0.1, -0.05) is 0 Å². The molecule has 0 atom stereocenters. The van der Waals surface area contributed by atoms with Crippen LogP contribution in [0.4, 0.5) is 0 Å². The summed E-state index contributed by atoms with van der Waals surface area (Å²) in [6.07, 6.45) is 0.916. The molecule has 0 aliphatic heterocycles. The van der Waals surface area contributed by atoms with E-state index in [1.807, 2.05) is 0 Å². The lowest BCUT2D eigenvalue weighted by Crippen LogP contribution is -2.35. The minimum Gasteiger partial charge on any atom is -0.513 e. The molecule has 0 bridgehead atoms. The average molecular weight is 172 g/mol. The molecule has 0 aromatic heterocycles. The standard InChI is InChI=1S/C7H8O5/c8-4-1-2-7(3-4,5(9)10)6(11)12/h3,8H,1-2H2,(H,9,10)(H,11,12). The van der Waals surface area contributed by atoms with Crippen LogP contribution >= 0.6 is 0 Å². The zero-order valence-electron chi connectivity index (χ0n) is 6.15. The average Bonchev–Trinajstić information content (AvgIpc) is 2.32. The Kier molecular flexibility index (Phi) is 1.79. The lowest BCUT2D eigenvalue weighted by atomic mass is 9.88. The van der Waals surface area contributed by atoms with Crippen molar-refractivity contribution in [1.29, 1.82) is 0 Å². The van der Waals surface area contributed by atoms with Gasteiger partial charge in [0.1, 0.15) is 0 Å². The number of hydrogen-bond acceptors (Lipinski definition) is 3. The van der Waals surface area contributed by atoms with Crippen molar-refractivity contribution in [3.8, 4) is 0 Å². The van der Waals surface area contributed by atoms with E-state index in [0.29, 0.717) is 0 Å². The molecule has 12 heavy (non-hydrogen) atoms. The van der Waals surface area contributed by atoms with Gasteiger partial charge < -0.3 is 15.3 Å². The molecule has 3 N–H and O–H groups in total. The number of aliphatic hydroxyl groups excluding tert-OH is 1. The molecule has 5 heteroatoms. The lowest BCUT2D eigenvalue weighted by Gasteiger charge is -2.14. The van der Waals surface area contributed by atoms with E-state index in [0.717, 1.165) is 6.08 Å². The second kappa shape index (κ2) is 2.51. The molecule has 0 aromatic carbocycles. The maximum absolute atomic E-state index is 10.6. The van der Waals surface area contributed by atoms with E-state index in [-0.39, 0.29) is 18.6 Å². The van der Waals surface area contributed by atoms with Crippen LogP contribution < -0.4 is 0 Å². The van der Waals surface area contributed by atoms with Gasteiger partial charge in [0.25, 0.3) is 0 Å². The topological polar surface area (TPSA) is 94.8 Å². The molecule has 0 aromatic rings. The van der Waals surface area contributed by atoms with Crippen LogP contribution in [0.3, 0.4) is 0 Å². The predicted octanol–water partition coefficient (Wildman–Crippen LogP) is 0.378. The minimum atomic E-state index is -1.91. The highest BCUT2D eigenvalue weighted by molar-refractivity contribution is 6.01. The Bertz CT molecular complexity index is 251. The summed E-state index contributed by atoms with van der Waals surface area (Å²) in [6, 6.07) is 0. The summed E-state index contributed by atoms with van der Waals surface area (Å²) in [5.41, 5.74) is -1.91. The monoisotopic (exact) mass is 172 g/mol. The van der Waals surface area contributed by atoms with Crippen LogP contribution in [-0.4, -0.2) is 27.3 Å². The third-order valence-corrected chi connectivity index (χ3v) is 1.95. The van der Waals surface area contributed by atoms with Crippen LogP contribution in [0.25, 0.3) is 0 Å². The summed E-state index contributed by atoms with van der Waals surface area (Å²) in [4.78, 5) is 21.1. The van der Waals surface area contributed by atoms with Crippen molar-refractivity contribution in [2.75, 3.05) is 0 Å². The quantitative estimate of drug-likeness (QED) is 0.523. The number of aliphatic carboxylic acids is 2. The Balaban J connectivity index is 3.06. The summed E-state index contributed by atoms with van der Waals surface area (Å²) in [5, 5.41) is 26.1. The molecule has 0 radical (unpaired) electrons. The summed E-state index contributed by atoms with van der Waals surface area (Å²) in [5.74, 6) is -3.03. The van der Waals surface area contributed by atoms with E-state index in [1.54, 1.807) is 0 Å². The number of carbonyl (C=O) groups is 2. The normalized spacial score (nSPS) is 20.2. The Hall–Kier alpha value is -1.52. The molecule has 0 saturated heterocycles. The second-order valence-electron chi connectivity index (χ2n) is 2.72. The van der Waals surface area contributed by atoms with Crippen molar-refractivity contribution in [1.82, 2.24) is 0 Å². The fourth-order valence-corrected chi connectivity index (χ4v) is 1.18. The largest absolute Gasteiger partial charge is 0.513 e. The molecule has 1 rings (SSSR count). The summed E-state index contributed by atoms with van der Waals surface area (Å²) in [7, 11) is 0. The van der Waals surface area contributed by atoms with Crippen LogP contribution in [0.2, 0.25) is 0 Å². The predicted molar refractivity (Wildman–Crippen MR) is 37.7 cm³/mol. The first-order valence-corrected chi connectivity index (χ1v) is 3.36. The minimum absolute atomic E-state index is 0.0799. The molecule has 0 amide bonds. The van der Waals surface area contributed by atoms with E-state index in [2.05, 4.69) is 0 Å². The fourth-order valence-electron chi connectivity index (χ4n) is 1.18. The van der Waals surface area contributed by atoms with Gasteiger partial charge in [-0.3, -0.25) is 9.59 Å². The van der Waals surface area contributed by atoms with Crippen molar-refractivity contribution in [3.05, 3.63) is 11.8 Å². The first-order valence-electron chi connectivity index (χ1n) is 3.36. The molecule has 0 spiro atoms. The van der Waals surface area contributed by atoms with Crippen LogP contribution in [0.1, 0.15) is 12.8 Å². The van der Waals surface area contributed by atoms with Crippen molar-refractivity contribution < 1.29 is 24.9 Å². The highest BCUT2D eigenvalue weighted by atomic mass is 16.4. The Morgan fingerprint density at radius 2 is 1.83 bits per heavy atom. The van der Waals surface area contributed by atoms with Crippen LogP contribution in [0, 0.1) is 5.41 Å². The molecule has 0 saturated carbocycles. The maximum atomic E-state index is 10.6. The number of carboxylic acids is 2. The SMILES string of the molecule is O=C(O)C1(C(=O)O)C=C(O)CC1. The summed E-state index contributed by atoms with van der Waals surface area (Å²) >= 11 is 0. The molecule has 1 aliphatic rings. The number of allylic oxidation sites excluding steroid dienone is 1. The third kappa shape index (κ3) is 1.03. The van der Waals surface area contributed by atoms with Crippen molar-refractivity contribution >= 4 is 11.9 Å². The first-order chi connectivity index (χ1) is 5.49. The summed E-state index contributed by atoms with van der Waals surface area (Å²) in [6.45, 7) is 0.